The minimum atomic E-state index is -0.0397. The Morgan fingerprint density at radius 2 is 1.70 bits per heavy atom. The molecular formula is C18H16N2O2S. The fourth-order valence-electron chi connectivity index (χ4n) is 5.78. The van der Waals surface area contributed by atoms with E-state index in [0.29, 0.717) is 11.8 Å². The third-order valence-electron chi connectivity index (χ3n) is 6.72. The molecule has 2 heterocycles. The number of fused-ring (bicyclic) bond motifs is 2. The maximum atomic E-state index is 13.1. The van der Waals surface area contributed by atoms with Crippen molar-refractivity contribution in [3.8, 4) is 0 Å². The van der Waals surface area contributed by atoms with Crippen LogP contribution in [0.2, 0.25) is 0 Å². The van der Waals surface area contributed by atoms with Gasteiger partial charge in [-0.05, 0) is 61.1 Å². The molecule has 4 saturated carbocycles. The minimum absolute atomic E-state index is 0.0397. The summed E-state index contributed by atoms with van der Waals surface area (Å²) in [6.45, 7) is 0. The minimum Gasteiger partial charge on any atom is -0.274 e. The number of hydrogen-bond donors (Lipinski definition) is 0. The lowest BCUT2D eigenvalue weighted by atomic mass is 9.59. The van der Waals surface area contributed by atoms with E-state index >= 15 is 0 Å². The molecule has 0 N–H and O–H groups in total. The highest BCUT2D eigenvalue weighted by Gasteiger charge is 2.68. The molecule has 0 radical (unpaired) electrons. The van der Waals surface area contributed by atoms with E-state index in [4.69, 9.17) is 0 Å². The number of hydrogen-bond acceptors (Lipinski definition) is 4. The molecule has 5 fully saturated rings. The lowest BCUT2D eigenvalue weighted by Crippen LogP contribution is -2.43. The molecule has 1 aromatic carbocycles. The van der Waals surface area contributed by atoms with Crippen molar-refractivity contribution in [2.45, 2.75) is 19.3 Å². The number of imide groups is 1. The first-order valence-corrected chi connectivity index (χ1v) is 9.33. The molecule has 7 rings (SSSR count). The predicted octanol–water partition coefficient (Wildman–Crippen LogP) is 3.08. The van der Waals surface area contributed by atoms with Crippen molar-refractivity contribution >= 4 is 39.1 Å². The van der Waals surface area contributed by atoms with Crippen LogP contribution < -0.4 is 4.90 Å². The number of rotatable bonds is 1. The number of benzene rings is 1. The SMILES string of the molecule is O=C1[C@@H]2[C@@H]3CC[C@@H]([C@H]4C[C@H]43)[C@@H]2C(=O)N1c1ccc2ncsc2c1. The highest BCUT2D eigenvalue weighted by atomic mass is 32.1. The maximum absolute atomic E-state index is 13.1. The van der Waals surface area contributed by atoms with Crippen LogP contribution >= 0.6 is 11.3 Å². The van der Waals surface area contributed by atoms with Gasteiger partial charge in [-0.1, -0.05) is 0 Å². The zero-order valence-electron chi connectivity index (χ0n) is 12.5. The van der Waals surface area contributed by atoms with Crippen molar-refractivity contribution in [1.82, 2.24) is 4.98 Å². The molecule has 1 aromatic heterocycles. The Balaban J connectivity index is 1.46. The molecule has 0 spiro atoms. The van der Waals surface area contributed by atoms with Crippen molar-refractivity contribution in [3.63, 3.8) is 0 Å². The van der Waals surface area contributed by atoms with Gasteiger partial charge in [0.25, 0.3) is 0 Å². The second kappa shape index (κ2) is 4.01. The Labute approximate surface area is 137 Å². The van der Waals surface area contributed by atoms with Gasteiger partial charge < -0.3 is 0 Å². The lowest BCUT2D eigenvalue weighted by molar-refractivity contribution is -0.129. The molecule has 116 valence electrons. The summed E-state index contributed by atoms with van der Waals surface area (Å²) in [5.41, 5.74) is 3.46. The second-order valence-electron chi connectivity index (χ2n) is 7.54. The molecule has 2 amide bonds. The first kappa shape index (κ1) is 12.6. The Morgan fingerprint density at radius 1 is 1.00 bits per heavy atom. The number of aromatic nitrogens is 1. The molecule has 0 unspecified atom stereocenters. The average Bonchev–Trinajstić information content (AvgIpc) is 3.20. The average molecular weight is 324 g/mol. The summed E-state index contributed by atoms with van der Waals surface area (Å²) < 4.78 is 1.03. The molecular weight excluding hydrogens is 308 g/mol. The van der Waals surface area contributed by atoms with E-state index in [1.807, 2.05) is 18.2 Å². The largest absolute Gasteiger partial charge is 0.274 e. The van der Waals surface area contributed by atoms with Crippen molar-refractivity contribution < 1.29 is 9.59 Å². The Kier molecular flexibility index (Phi) is 2.21. The van der Waals surface area contributed by atoms with E-state index < -0.39 is 0 Å². The number of thiazole rings is 1. The fourth-order valence-corrected chi connectivity index (χ4v) is 6.49. The smallest absolute Gasteiger partial charge is 0.237 e. The van der Waals surface area contributed by atoms with Gasteiger partial charge in [0.2, 0.25) is 11.8 Å². The predicted molar refractivity (Wildman–Crippen MR) is 86.9 cm³/mol. The van der Waals surface area contributed by atoms with Gasteiger partial charge in [0.15, 0.2) is 0 Å². The normalized spacial score (nSPS) is 40.6. The zero-order valence-corrected chi connectivity index (χ0v) is 13.3. The molecule has 4 aliphatic carbocycles. The number of carbonyl (C=O) groups excluding carboxylic acids is 2. The first-order valence-electron chi connectivity index (χ1n) is 8.45. The number of nitrogens with zero attached hydrogens (tertiary/aromatic N) is 2. The van der Waals surface area contributed by atoms with Crippen LogP contribution in [-0.2, 0) is 9.59 Å². The highest BCUT2D eigenvalue weighted by molar-refractivity contribution is 7.16. The van der Waals surface area contributed by atoms with E-state index in [9.17, 15) is 9.59 Å². The number of amides is 2. The summed E-state index contributed by atoms with van der Waals surface area (Å²) in [6.07, 6.45) is 3.55. The van der Waals surface area contributed by atoms with Crippen LogP contribution in [-0.4, -0.2) is 16.8 Å². The van der Waals surface area contributed by atoms with Crippen LogP contribution in [0.25, 0.3) is 10.2 Å². The summed E-state index contributed by atoms with van der Waals surface area (Å²) in [4.78, 5) is 31.9. The first-order chi connectivity index (χ1) is 11.2. The van der Waals surface area contributed by atoms with E-state index in [0.717, 1.165) is 40.6 Å². The van der Waals surface area contributed by atoms with Crippen LogP contribution in [0, 0.1) is 35.5 Å². The van der Waals surface area contributed by atoms with Crippen LogP contribution in [0.15, 0.2) is 23.7 Å². The Hall–Kier alpha value is -1.75. The Bertz CT molecular complexity index is 841. The Morgan fingerprint density at radius 3 is 2.39 bits per heavy atom. The summed E-state index contributed by atoms with van der Waals surface area (Å²) in [5, 5.41) is 0. The van der Waals surface area contributed by atoms with E-state index in [1.54, 1.807) is 16.8 Å². The lowest BCUT2D eigenvalue weighted by Gasteiger charge is -2.42. The standard InChI is InChI=1S/C18H16N2O2S/c21-17-15-9-2-3-10(12-6-11(9)12)16(15)18(22)20(17)8-1-4-13-14(5-8)23-7-19-13/h1,4-5,7,9-12,15-16H,2-3,6H2/t9-,10+,11+,12-,15-,16+. The molecule has 6 atom stereocenters. The second-order valence-corrected chi connectivity index (χ2v) is 8.42. The van der Waals surface area contributed by atoms with E-state index in [-0.39, 0.29) is 23.7 Å². The van der Waals surface area contributed by atoms with Crippen molar-refractivity contribution in [2.75, 3.05) is 4.90 Å². The van der Waals surface area contributed by atoms with E-state index in [2.05, 4.69) is 4.98 Å². The van der Waals surface area contributed by atoms with Crippen molar-refractivity contribution in [1.29, 1.82) is 0 Å². The third kappa shape index (κ3) is 1.45. The molecule has 5 heteroatoms. The molecule has 5 aliphatic rings. The topological polar surface area (TPSA) is 50.3 Å². The fraction of sp³-hybridized carbons (Fsp3) is 0.500. The summed E-state index contributed by atoms with van der Waals surface area (Å²) >= 11 is 1.55. The van der Waals surface area contributed by atoms with Crippen molar-refractivity contribution in [2.24, 2.45) is 35.5 Å². The van der Waals surface area contributed by atoms with Crippen LogP contribution in [0.5, 0.6) is 0 Å². The van der Waals surface area contributed by atoms with Crippen LogP contribution in [0.3, 0.4) is 0 Å². The van der Waals surface area contributed by atoms with Gasteiger partial charge in [0, 0.05) is 0 Å². The molecule has 2 bridgehead atoms. The van der Waals surface area contributed by atoms with Gasteiger partial charge in [0.05, 0.1) is 33.3 Å². The van der Waals surface area contributed by atoms with Gasteiger partial charge in [-0.3, -0.25) is 9.59 Å². The van der Waals surface area contributed by atoms with Gasteiger partial charge >= 0.3 is 0 Å². The number of carbonyl (C=O) groups is 2. The van der Waals surface area contributed by atoms with Gasteiger partial charge in [-0.2, -0.15) is 0 Å². The van der Waals surface area contributed by atoms with Gasteiger partial charge in [-0.25, -0.2) is 9.88 Å². The molecule has 4 nitrogen and oxygen atoms in total. The van der Waals surface area contributed by atoms with Crippen LogP contribution in [0.1, 0.15) is 19.3 Å². The third-order valence-corrected chi connectivity index (χ3v) is 7.51. The monoisotopic (exact) mass is 324 g/mol. The molecule has 2 aromatic rings. The molecule has 1 aliphatic heterocycles. The summed E-state index contributed by atoms with van der Waals surface area (Å²) in [6, 6.07) is 5.73. The zero-order chi connectivity index (χ0) is 15.3. The highest BCUT2D eigenvalue weighted by Crippen LogP contribution is 2.68. The van der Waals surface area contributed by atoms with Gasteiger partial charge in [0.1, 0.15) is 0 Å². The van der Waals surface area contributed by atoms with Gasteiger partial charge in [-0.15, -0.1) is 11.3 Å². The quantitative estimate of drug-likeness (QED) is 0.758. The number of anilines is 1. The summed E-state index contributed by atoms with van der Waals surface area (Å²) in [5.74, 6) is 2.43. The summed E-state index contributed by atoms with van der Waals surface area (Å²) in [7, 11) is 0. The molecule has 23 heavy (non-hydrogen) atoms. The van der Waals surface area contributed by atoms with Crippen LogP contribution in [0.4, 0.5) is 5.69 Å². The molecule has 1 saturated heterocycles. The van der Waals surface area contributed by atoms with E-state index in [1.165, 1.54) is 11.3 Å². The maximum Gasteiger partial charge on any atom is 0.237 e. The van der Waals surface area contributed by atoms with Crippen molar-refractivity contribution in [3.05, 3.63) is 23.7 Å².